The Balaban J connectivity index is 2.44. The van der Waals surface area contributed by atoms with Gasteiger partial charge in [0.2, 0.25) is 5.75 Å². The quantitative estimate of drug-likeness (QED) is 0.633. The van der Waals surface area contributed by atoms with Gasteiger partial charge in [0.1, 0.15) is 6.07 Å². The Morgan fingerprint density at radius 2 is 2.16 bits per heavy atom. The van der Waals surface area contributed by atoms with Gasteiger partial charge in [-0.15, -0.1) is 0 Å². The average molecular weight is 276 g/mol. The van der Waals surface area contributed by atoms with Crippen molar-refractivity contribution in [3.05, 3.63) is 57.4 Å². The van der Waals surface area contributed by atoms with Crippen LogP contribution in [0.2, 0.25) is 5.02 Å². The molecule has 0 atom stereocenters. The molecule has 0 saturated carbocycles. The van der Waals surface area contributed by atoms with E-state index in [0.29, 0.717) is 0 Å². The summed E-state index contributed by atoms with van der Waals surface area (Å²) in [7, 11) is 0. The number of aromatic nitrogens is 1. The molecule has 0 N–H and O–H groups in total. The van der Waals surface area contributed by atoms with E-state index in [0.717, 1.165) is 0 Å². The van der Waals surface area contributed by atoms with Crippen LogP contribution in [0.3, 0.4) is 0 Å². The summed E-state index contributed by atoms with van der Waals surface area (Å²) in [5, 5.41) is 20.0. The zero-order valence-electron chi connectivity index (χ0n) is 9.41. The molecule has 0 radical (unpaired) electrons. The highest BCUT2D eigenvalue weighted by atomic mass is 35.5. The van der Waals surface area contributed by atoms with E-state index in [1.807, 2.05) is 6.07 Å². The van der Waals surface area contributed by atoms with Crippen molar-refractivity contribution in [1.29, 1.82) is 5.26 Å². The summed E-state index contributed by atoms with van der Waals surface area (Å²) in [5.74, 6) is 0.148. The third-order valence-electron chi connectivity index (χ3n) is 2.21. The largest absolute Gasteiger partial charge is 0.447 e. The topological polar surface area (TPSA) is 89.0 Å². The molecule has 1 aromatic heterocycles. The van der Waals surface area contributed by atoms with Gasteiger partial charge in [-0.05, 0) is 24.3 Å². The van der Waals surface area contributed by atoms with Gasteiger partial charge in [0.05, 0.1) is 4.92 Å². The molecule has 0 spiro atoms. The maximum atomic E-state index is 10.9. The monoisotopic (exact) mass is 275 g/mol. The highest BCUT2D eigenvalue weighted by Gasteiger charge is 2.17. The summed E-state index contributed by atoms with van der Waals surface area (Å²) in [6.45, 7) is 0. The second-order valence-electron chi connectivity index (χ2n) is 3.43. The molecule has 0 bridgehead atoms. The zero-order valence-corrected chi connectivity index (χ0v) is 10.2. The van der Waals surface area contributed by atoms with E-state index in [-0.39, 0.29) is 27.9 Å². The van der Waals surface area contributed by atoms with Crippen LogP contribution in [-0.4, -0.2) is 9.91 Å². The minimum Gasteiger partial charge on any atom is -0.447 e. The first-order valence-corrected chi connectivity index (χ1v) is 5.46. The molecule has 6 nitrogen and oxygen atoms in total. The van der Waals surface area contributed by atoms with Gasteiger partial charge in [-0.25, -0.2) is 4.98 Å². The molecular formula is C12H6ClN3O3. The molecular weight excluding hydrogens is 270 g/mol. The second-order valence-corrected chi connectivity index (χ2v) is 3.87. The van der Waals surface area contributed by atoms with Gasteiger partial charge in [0.15, 0.2) is 11.4 Å². The van der Waals surface area contributed by atoms with Crippen molar-refractivity contribution in [2.75, 3.05) is 0 Å². The van der Waals surface area contributed by atoms with Gasteiger partial charge < -0.3 is 4.74 Å². The van der Waals surface area contributed by atoms with Crippen molar-refractivity contribution >= 4 is 17.3 Å². The normalized spacial score (nSPS) is 9.68. The van der Waals surface area contributed by atoms with Crippen molar-refractivity contribution in [3.8, 4) is 17.6 Å². The number of nitrogens with zero attached hydrogens (tertiary/aromatic N) is 3. The van der Waals surface area contributed by atoms with Crippen molar-refractivity contribution in [2.45, 2.75) is 0 Å². The summed E-state index contributed by atoms with van der Waals surface area (Å²) in [4.78, 5) is 14.1. The summed E-state index contributed by atoms with van der Waals surface area (Å²) in [5.41, 5.74) is -0.230. The van der Waals surface area contributed by atoms with E-state index in [2.05, 4.69) is 4.98 Å². The summed E-state index contributed by atoms with van der Waals surface area (Å²) in [6, 6.07) is 8.93. The Kier molecular flexibility index (Phi) is 3.59. The molecule has 0 amide bonds. The molecule has 0 aliphatic heterocycles. The van der Waals surface area contributed by atoms with Crippen LogP contribution in [0, 0.1) is 21.4 Å². The Morgan fingerprint density at radius 3 is 2.84 bits per heavy atom. The minimum absolute atomic E-state index is 0.00102. The number of pyridine rings is 1. The van der Waals surface area contributed by atoms with Crippen LogP contribution in [0.15, 0.2) is 36.5 Å². The lowest BCUT2D eigenvalue weighted by atomic mass is 10.3. The van der Waals surface area contributed by atoms with Gasteiger partial charge in [-0.1, -0.05) is 11.6 Å². The third-order valence-corrected chi connectivity index (χ3v) is 2.45. The molecule has 2 aromatic rings. The highest BCUT2D eigenvalue weighted by molar-refractivity contribution is 6.30. The third kappa shape index (κ3) is 2.78. The lowest BCUT2D eigenvalue weighted by Crippen LogP contribution is -1.95. The van der Waals surface area contributed by atoms with E-state index in [4.69, 9.17) is 21.6 Å². The fourth-order valence-electron chi connectivity index (χ4n) is 1.39. The van der Waals surface area contributed by atoms with E-state index >= 15 is 0 Å². The second kappa shape index (κ2) is 5.33. The average Bonchev–Trinajstić information content (AvgIpc) is 2.41. The van der Waals surface area contributed by atoms with Gasteiger partial charge in [0.25, 0.3) is 0 Å². The number of benzene rings is 1. The lowest BCUT2D eigenvalue weighted by molar-refractivity contribution is -0.385. The number of nitriles is 1. The fraction of sp³-hybridized carbons (Fsp3) is 0. The summed E-state index contributed by atoms with van der Waals surface area (Å²) in [6.07, 6.45) is 1.43. The van der Waals surface area contributed by atoms with Crippen LogP contribution in [0.4, 0.5) is 5.69 Å². The highest BCUT2D eigenvalue weighted by Crippen LogP contribution is 2.34. The van der Waals surface area contributed by atoms with E-state index in [1.165, 1.54) is 30.5 Å². The summed E-state index contributed by atoms with van der Waals surface area (Å²) >= 11 is 5.70. The number of halogens is 1. The van der Waals surface area contributed by atoms with Crippen LogP contribution >= 0.6 is 11.6 Å². The van der Waals surface area contributed by atoms with Crippen molar-refractivity contribution < 1.29 is 9.66 Å². The molecule has 0 aliphatic carbocycles. The van der Waals surface area contributed by atoms with E-state index in [1.54, 1.807) is 6.07 Å². The molecule has 2 rings (SSSR count). The van der Waals surface area contributed by atoms with Gasteiger partial charge in [0, 0.05) is 17.3 Å². The number of rotatable bonds is 3. The number of hydrogen-bond donors (Lipinski definition) is 0. The zero-order chi connectivity index (χ0) is 13.8. The SMILES string of the molecule is N#Cc1ncccc1Oc1ccc(Cl)cc1[N+](=O)[O-]. The molecule has 0 aliphatic rings. The molecule has 19 heavy (non-hydrogen) atoms. The van der Waals surface area contributed by atoms with Crippen LogP contribution < -0.4 is 4.74 Å². The minimum atomic E-state index is -0.608. The van der Waals surface area contributed by atoms with Crippen molar-refractivity contribution in [1.82, 2.24) is 4.98 Å². The van der Waals surface area contributed by atoms with E-state index < -0.39 is 4.92 Å². The maximum absolute atomic E-state index is 10.9. The molecule has 94 valence electrons. The van der Waals surface area contributed by atoms with Crippen LogP contribution in [0.1, 0.15) is 5.69 Å². The summed E-state index contributed by atoms with van der Waals surface area (Å²) < 4.78 is 5.36. The molecule has 0 unspecified atom stereocenters. The molecule has 7 heteroatoms. The number of nitro benzene ring substituents is 1. The van der Waals surface area contributed by atoms with Crippen molar-refractivity contribution in [2.24, 2.45) is 0 Å². The van der Waals surface area contributed by atoms with Crippen LogP contribution in [-0.2, 0) is 0 Å². The Bertz CT molecular complexity index is 682. The molecule has 0 saturated heterocycles. The van der Waals surface area contributed by atoms with Crippen molar-refractivity contribution in [3.63, 3.8) is 0 Å². The maximum Gasteiger partial charge on any atom is 0.313 e. The predicted octanol–water partition coefficient (Wildman–Crippen LogP) is 3.31. The number of nitro groups is 1. The first-order chi connectivity index (χ1) is 9.11. The molecule has 1 heterocycles. The first kappa shape index (κ1) is 12.8. The standard InChI is InChI=1S/C12H6ClN3O3/c13-8-3-4-12(10(6-8)16(17)18)19-11-2-1-5-15-9(11)7-14/h1-6H. The van der Waals surface area contributed by atoms with Gasteiger partial charge in [-0.2, -0.15) is 5.26 Å². The lowest BCUT2D eigenvalue weighted by Gasteiger charge is -2.07. The van der Waals surface area contributed by atoms with Crippen LogP contribution in [0.5, 0.6) is 11.5 Å². The predicted molar refractivity (Wildman–Crippen MR) is 67.1 cm³/mol. The van der Waals surface area contributed by atoms with E-state index in [9.17, 15) is 10.1 Å². The Labute approximate surface area is 113 Å². The number of ether oxygens (including phenoxy) is 1. The Morgan fingerprint density at radius 1 is 1.37 bits per heavy atom. The smallest absolute Gasteiger partial charge is 0.313 e. The van der Waals surface area contributed by atoms with Gasteiger partial charge >= 0.3 is 5.69 Å². The first-order valence-electron chi connectivity index (χ1n) is 5.08. The fourth-order valence-corrected chi connectivity index (χ4v) is 1.56. The molecule has 1 aromatic carbocycles. The molecule has 0 fully saturated rings. The van der Waals surface area contributed by atoms with Gasteiger partial charge in [-0.3, -0.25) is 10.1 Å². The Hall–Kier alpha value is -2.65. The van der Waals surface area contributed by atoms with Crippen LogP contribution in [0.25, 0.3) is 0 Å². The number of hydrogen-bond acceptors (Lipinski definition) is 5.